The minimum absolute atomic E-state index is 0.0382. The zero-order valence-electron chi connectivity index (χ0n) is 12.4. The smallest absolute Gasteiger partial charge is 0.239 e. The van der Waals surface area contributed by atoms with Crippen molar-refractivity contribution >= 4 is 17.3 Å². The van der Waals surface area contributed by atoms with Gasteiger partial charge in [0.05, 0.1) is 6.54 Å². The molecule has 0 bridgehead atoms. The Morgan fingerprint density at radius 2 is 2.11 bits per heavy atom. The first kappa shape index (κ1) is 15.3. The van der Waals surface area contributed by atoms with Gasteiger partial charge in [0.2, 0.25) is 5.91 Å². The normalized spacial score (nSPS) is 11.8. The molecule has 0 heterocycles. The minimum Gasteiger partial charge on any atom is -0.378 e. The molecule has 0 aliphatic rings. The maximum Gasteiger partial charge on any atom is 0.239 e. The number of amides is 1. The molecule has 0 spiro atoms. The number of hydrogen-bond donors (Lipinski definition) is 2. The van der Waals surface area contributed by atoms with Crippen molar-refractivity contribution in [3.8, 4) is 0 Å². The van der Waals surface area contributed by atoms with E-state index in [0.29, 0.717) is 6.54 Å². The van der Waals surface area contributed by atoms with Gasteiger partial charge in [-0.05, 0) is 31.5 Å². The van der Waals surface area contributed by atoms with Gasteiger partial charge in [0.1, 0.15) is 0 Å². The Bertz CT molecular complexity index is 404. The van der Waals surface area contributed by atoms with Gasteiger partial charge in [-0.3, -0.25) is 4.79 Å². The second kappa shape index (κ2) is 7.67. The van der Waals surface area contributed by atoms with Gasteiger partial charge in [-0.2, -0.15) is 0 Å². The maximum atomic E-state index is 11.7. The zero-order valence-corrected chi connectivity index (χ0v) is 12.4. The van der Waals surface area contributed by atoms with Crippen LogP contribution in [0, 0.1) is 0 Å². The van der Waals surface area contributed by atoms with Crippen molar-refractivity contribution < 1.29 is 4.79 Å². The molecule has 19 heavy (non-hydrogen) atoms. The third-order valence-electron chi connectivity index (χ3n) is 2.94. The quantitative estimate of drug-likeness (QED) is 0.794. The van der Waals surface area contributed by atoms with Gasteiger partial charge in [-0.25, -0.2) is 0 Å². The number of carbonyl (C=O) groups excluding carboxylic acids is 1. The molecule has 1 aromatic rings. The van der Waals surface area contributed by atoms with Crippen LogP contribution in [0.15, 0.2) is 24.3 Å². The SMILES string of the molecule is CCCC(C)NC(=O)CNc1cccc(N(C)C)c1. The summed E-state index contributed by atoms with van der Waals surface area (Å²) in [5.74, 6) is 0.0382. The molecule has 106 valence electrons. The highest BCUT2D eigenvalue weighted by atomic mass is 16.1. The Morgan fingerprint density at radius 3 is 2.74 bits per heavy atom. The minimum atomic E-state index is 0.0382. The van der Waals surface area contributed by atoms with E-state index in [2.05, 4.69) is 17.6 Å². The van der Waals surface area contributed by atoms with Crippen molar-refractivity contribution in [2.45, 2.75) is 32.7 Å². The summed E-state index contributed by atoms with van der Waals surface area (Å²) < 4.78 is 0. The largest absolute Gasteiger partial charge is 0.378 e. The van der Waals surface area contributed by atoms with Crippen LogP contribution < -0.4 is 15.5 Å². The van der Waals surface area contributed by atoms with Gasteiger partial charge in [0.15, 0.2) is 0 Å². The summed E-state index contributed by atoms with van der Waals surface area (Å²) in [6, 6.07) is 8.26. The van der Waals surface area contributed by atoms with Gasteiger partial charge < -0.3 is 15.5 Å². The summed E-state index contributed by atoms with van der Waals surface area (Å²) in [5, 5.41) is 6.13. The Morgan fingerprint density at radius 1 is 1.37 bits per heavy atom. The molecule has 1 atom stereocenters. The van der Waals surface area contributed by atoms with Gasteiger partial charge in [-0.15, -0.1) is 0 Å². The Labute approximate surface area is 116 Å². The summed E-state index contributed by atoms with van der Waals surface area (Å²) in [6.07, 6.45) is 2.10. The molecule has 0 saturated heterocycles. The predicted octanol–water partition coefficient (Wildman–Crippen LogP) is 2.47. The molecule has 0 aliphatic carbocycles. The van der Waals surface area contributed by atoms with Crippen molar-refractivity contribution in [1.82, 2.24) is 5.32 Å². The van der Waals surface area contributed by atoms with E-state index in [9.17, 15) is 4.79 Å². The Hall–Kier alpha value is -1.71. The number of nitrogens with one attached hydrogen (secondary N) is 2. The third kappa shape index (κ3) is 5.64. The highest BCUT2D eigenvalue weighted by molar-refractivity contribution is 5.81. The van der Waals surface area contributed by atoms with E-state index >= 15 is 0 Å². The van der Waals surface area contributed by atoms with Gasteiger partial charge in [0, 0.05) is 31.5 Å². The summed E-state index contributed by atoms with van der Waals surface area (Å²) in [4.78, 5) is 13.8. The summed E-state index contributed by atoms with van der Waals surface area (Å²) in [5.41, 5.74) is 2.08. The molecule has 4 nitrogen and oxygen atoms in total. The molecule has 1 rings (SSSR count). The van der Waals surface area contributed by atoms with E-state index in [1.165, 1.54) is 0 Å². The fourth-order valence-electron chi connectivity index (χ4n) is 1.91. The van der Waals surface area contributed by atoms with Crippen molar-refractivity contribution in [3.05, 3.63) is 24.3 Å². The summed E-state index contributed by atoms with van der Waals surface area (Å²) in [6.45, 7) is 4.46. The maximum absolute atomic E-state index is 11.7. The topological polar surface area (TPSA) is 44.4 Å². The number of nitrogens with zero attached hydrogens (tertiary/aromatic N) is 1. The zero-order chi connectivity index (χ0) is 14.3. The molecule has 0 radical (unpaired) electrons. The van der Waals surface area contributed by atoms with Crippen LogP contribution >= 0.6 is 0 Å². The number of hydrogen-bond acceptors (Lipinski definition) is 3. The van der Waals surface area contributed by atoms with Gasteiger partial charge in [0.25, 0.3) is 0 Å². The van der Waals surface area contributed by atoms with E-state index in [1.807, 2.05) is 50.2 Å². The first-order valence-corrected chi connectivity index (χ1v) is 6.83. The number of benzene rings is 1. The fourth-order valence-corrected chi connectivity index (χ4v) is 1.91. The van der Waals surface area contributed by atoms with E-state index in [-0.39, 0.29) is 11.9 Å². The highest BCUT2D eigenvalue weighted by Gasteiger charge is 2.06. The molecule has 0 aromatic heterocycles. The van der Waals surface area contributed by atoms with E-state index < -0.39 is 0 Å². The predicted molar refractivity (Wildman–Crippen MR) is 81.8 cm³/mol. The molecule has 0 aliphatic heterocycles. The van der Waals surface area contributed by atoms with Crippen molar-refractivity contribution in [3.63, 3.8) is 0 Å². The number of anilines is 2. The standard InChI is InChI=1S/C15H25N3O/c1-5-7-12(2)17-15(19)11-16-13-8-6-9-14(10-13)18(3)4/h6,8-10,12,16H,5,7,11H2,1-4H3,(H,17,19). The summed E-state index contributed by atoms with van der Waals surface area (Å²) in [7, 11) is 4.00. The van der Waals surface area contributed by atoms with E-state index in [1.54, 1.807) is 0 Å². The monoisotopic (exact) mass is 263 g/mol. The number of rotatable bonds is 7. The molecule has 1 aromatic carbocycles. The molecule has 1 amide bonds. The second-order valence-electron chi connectivity index (χ2n) is 5.06. The van der Waals surface area contributed by atoms with Crippen LogP contribution in [0.5, 0.6) is 0 Å². The molecule has 4 heteroatoms. The van der Waals surface area contributed by atoms with Crippen molar-refractivity contribution in [2.75, 3.05) is 30.9 Å². The van der Waals surface area contributed by atoms with Crippen molar-refractivity contribution in [2.24, 2.45) is 0 Å². The van der Waals surface area contributed by atoms with Crippen LogP contribution in [-0.4, -0.2) is 32.6 Å². The average molecular weight is 263 g/mol. The molecular formula is C15H25N3O. The van der Waals surface area contributed by atoms with Crippen LogP contribution in [0.4, 0.5) is 11.4 Å². The van der Waals surface area contributed by atoms with Crippen molar-refractivity contribution in [1.29, 1.82) is 0 Å². The summed E-state index contributed by atoms with van der Waals surface area (Å²) >= 11 is 0. The highest BCUT2D eigenvalue weighted by Crippen LogP contribution is 2.16. The van der Waals surface area contributed by atoms with Crippen LogP contribution in [0.3, 0.4) is 0 Å². The van der Waals surface area contributed by atoms with Crippen LogP contribution in [0.1, 0.15) is 26.7 Å². The second-order valence-corrected chi connectivity index (χ2v) is 5.06. The Kier molecular flexibility index (Phi) is 6.19. The lowest BCUT2D eigenvalue weighted by molar-refractivity contribution is -0.120. The molecule has 0 fully saturated rings. The third-order valence-corrected chi connectivity index (χ3v) is 2.94. The Balaban J connectivity index is 2.43. The lowest BCUT2D eigenvalue weighted by Crippen LogP contribution is -2.36. The van der Waals surface area contributed by atoms with E-state index in [0.717, 1.165) is 24.2 Å². The molecular weight excluding hydrogens is 238 g/mol. The number of carbonyl (C=O) groups is 1. The fraction of sp³-hybridized carbons (Fsp3) is 0.533. The van der Waals surface area contributed by atoms with Crippen LogP contribution in [0.25, 0.3) is 0 Å². The first-order valence-electron chi connectivity index (χ1n) is 6.83. The van der Waals surface area contributed by atoms with Gasteiger partial charge in [-0.1, -0.05) is 19.4 Å². The lowest BCUT2D eigenvalue weighted by Gasteiger charge is -2.15. The lowest BCUT2D eigenvalue weighted by atomic mass is 10.2. The average Bonchev–Trinajstić information content (AvgIpc) is 2.37. The van der Waals surface area contributed by atoms with Gasteiger partial charge >= 0.3 is 0 Å². The molecule has 0 saturated carbocycles. The van der Waals surface area contributed by atoms with Crippen LogP contribution in [-0.2, 0) is 4.79 Å². The van der Waals surface area contributed by atoms with Crippen LogP contribution in [0.2, 0.25) is 0 Å². The molecule has 1 unspecified atom stereocenters. The van der Waals surface area contributed by atoms with E-state index in [4.69, 9.17) is 0 Å². The first-order chi connectivity index (χ1) is 9.02. The molecule has 2 N–H and O–H groups in total.